The average Bonchev–Trinajstić information content (AvgIpc) is 2.80. The summed E-state index contributed by atoms with van der Waals surface area (Å²) in [4.78, 5) is 27.2. The minimum Gasteiger partial charge on any atom is -0.341 e. The molecule has 24 heavy (non-hydrogen) atoms. The van der Waals surface area contributed by atoms with Gasteiger partial charge in [0.05, 0.1) is 6.04 Å². The minimum absolute atomic E-state index is 0.0715. The molecule has 1 unspecified atom stereocenters. The summed E-state index contributed by atoms with van der Waals surface area (Å²) in [6, 6.07) is 8.17. The van der Waals surface area contributed by atoms with Crippen LogP contribution in [-0.2, 0) is 4.79 Å². The maximum atomic E-state index is 12.2. The molecule has 3 rings (SSSR count). The fourth-order valence-electron chi connectivity index (χ4n) is 3.28. The molecule has 3 amide bonds. The van der Waals surface area contributed by atoms with Gasteiger partial charge in [-0.15, -0.1) is 11.8 Å². The quantitative estimate of drug-likeness (QED) is 0.880. The number of urea groups is 1. The zero-order valence-electron chi connectivity index (χ0n) is 13.9. The number of nitrogens with zero attached hydrogens (tertiary/aromatic N) is 1. The number of benzene rings is 1. The van der Waals surface area contributed by atoms with Crippen LogP contribution in [0.4, 0.5) is 4.79 Å². The summed E-state index contributed by atoms with van der Waals surface area (Å²) in [5, 5.41) is 5.97. The van der Waals surface area contributed by atoms with Crippen molar-refractivity contribution in [2.75, 3.05) is 25.4 Å². The van der Waals surface area contributed by atoms with E-state index >= 15 is 0 Å². The van der Waals surface area contributed by atoms with Gasteiger partial charge in [0.1, 0.15) is 0 Å². The van der Waals surface area contributed by atoms with Crippen LogP contribution in [0.3, 0.4) is 0 Å². The average molecular weight is 347 g/mol. The number of carbonyl (C=O) groups is 2. The summed E-state index contributed by atoms with van der Waals surface area (Å²) < 4.78 is 0. The van der Waals surface area contributed by atoms with Gasteiger partial charge in [0.25, 0.3) is 0 Å². The van der Waals surface area contributed by atoms with E-state index in [9.17, 15) is 9.59 Å². The third-order valence-corrected chi connectivity index (χ3v) is 5.73. The largest absolute Gasteiger partial charge is 0.341 e. The molecule has 0 saturated carbocycles. The van der Waals surface area contributed by atoms with Gasteiger partial charge in [-0.2, -0.15) is 0 Å². The maximum absolute atomic E-state index is 12.2. The first-order valence-electron chi connectivity index (χ1n) is 8.78. The standard InChI is InChI=1S/C18H25N3O2S/c22-17-8-2-1-5-11-21(17)12-10-19-18(23)20-15-9-13-24-16-7-4-3-6-14(15)16/h3-4,6-7,15H,1-2,5,8-13H2,(H2,19,20,23). The summed E-state index contributed by atoms with van der Waals surface area (Å²) in [7, 11) is 0. The fraction of sp³-hybridized carbons (Fsp3) is 0.556. The molecule has 2 aliphatic heterocycles. The van der Waals surface area contributed by atoms with Crippen LogP contribution in [0.5, 0.6) is 0 Å². The van der Waals surface area contributed by atoms with Crippen molar-refractivity contribution in [2.45, 2.75) is 43.0 Å². The molecule has 1 aromatic rings. The number of rotatable bonds is 4. The maximum Gasteiger partial charge on any atom is 0.315 e. The third kappa shape index (κ3) is 4.44. The number of fused-ring (bicyclic) bond motifs is 1. The first-order chi connectivity index (χ1) is 11.7. The van der Waals surface area contributed by atoms with E-state index < -0.39 is 0 Å². The van der Waals surface area contributed by atoms with Crippen molar-refractivity contribution < 1.29 is 9.59 Å². The number of thioether (sulfide) groups is 1. The molecule has 6 heteroatoms. The first-order valence-corrected chi connectivity index (χ1v) is 9.76. The molecule has 1 atom stereocenters. The number of hydrogen-bond acceptors (Lipinski definition) is 3. The smallest absolute Gasteiger partial charge is 0.315 e. The predicted octanol–water partition coefficient (Wildman–Crippen LogP) is 2.93. The van der Waals surface area contributed by atoms with E-state index in [0.29, 0.717) is 19.5 Å². The van der Waals surface area contributed by atoms with Crippen molar-refractivity contribution >= 4 is 23.7 Å². The van der Waals surface area contributed by atoms with Gasteiger partial charge in [-0.25, -0.2) is 4.79 Å². The van der Waals surface area contributed by atoms with Gasteiger partial charge in [-0.1, -0.05) is 24.6 Å². The highest BCUT2D eigenvalue weighted by Gasteiger charge is 2.22. The van der Waals surface area contributed by atoms with Crippen LogP contribution >= 0.6 is 11.8 Å². The molecule has 1 fully saturated rings. The highest BCUT2D eigenvalue weighted by molar-refractivity contribution is 7.99. The van der Waals surface area contributed by atoms with Gasteiger partial charge in [0.2, 0.25) is 5.91 Å². The van der Waals surface area contributed by atoms with Crippen LogP contribution in [0, 0.1) is 0 Å². The second kappa shape index (κ2) is 8.42. The van der Waals surface area contributed by atoms with Crippen LogP contribution in [0.2, 0.25) is 0 Å². The van der Waals surface area contributed by atoms with Crippen LogP contribution in [0.1, 0.15) is 43.7 Å². The lowest BCUT2D eigenvalue weighted by Gasteiger charge is -2.26. The van der Waals surface area contributed by atoms with Crippen molar-refractivity contribution in [1.29, 1.82) is 0 Å². The molecular weight excluding hydrogens is 322 g/mol. The zero-order chi connectivity index (χ0) is 16.8. The Morgan fingerprint density at radius 2 is 2.12 bits per heavy atom. The van der Waals surface area contributed by atoms with Gasteiger partial charge >= 0.3 is 6.03 Å². The molecule has 0 aromatic heterocycles. The molecular formula is C18H25N3O2S. The van der Waals surface area contributed by atoms with E-state index in [4.69, 9.17) is 0 Å². The summed E-state index contributed by atoms with van der Waals surface area (Å²) in [5.74, 6) is 1.23. The van der Waals surface area contributed by atoms with E-state index in [1.165, 1.54) is 10.5 Å². The third-order valence-electron chi connectivity index (χ3n) is 4.60. The SMILES string of the molecule is O=C(NCCN1CCCCCC1=O)NC1CCSc2ccccc21. The molecule has 1 aromatic carbocycles. The Hall–Kier alpha value is -1.69. The summed E-state index contributed by atoms with van der Waals surface area (Å²) in [6.07, 6.45) is 4.76. The van der Waals surface area contributed by atoms with E-state index in [2.05, 4.69) is 22.8 Å². The van der Waals surface area contributed by atoms with Gasteiger partial charge in [-0.3, -0.25) is 4.79 Å². The molecule has 0 spiro atoms. The van der Waals surface area contributed by atoms with Crippen molar-refractivity contribution in [3.05, 3.63) is 29.8 Å². The number of amides is 3. The second-order valence-electron chi connectivity index (χ2n) is 6.32. The molecule has 5 nitrogen and oxygen atoms in total. The zero-order valence-corrected chi connectivity index (χ0v) is 14.7. The highest BCUT2D eigenvalue weighted by Crippen LogP contribution is 2.35. The predicted molar refractivity (Wildman–Crippen MR) is 96.1 cm³/mol. The van der Waals surface area contributed by atoms with Gasteiger partial charge in [-0.05, 0) is 30.9 Å². The van der Waals surface area contributed by atoms with Crippen molar-refractivity contribution in [3.8, 4) is 0 Å². The number of likely N-dealkylation sites (tertiary alicyclic amines) is 1. The van der Waals surface area contributed by atoms with Crippen LogP contribution in [0.15, 0.2) is 29.2 Å². The van der Waals surface area contributed by atoms with Crippen molar-refractivity contribution in [2.24, 2.45) is 0 Å². The topological polar surface area (TPSA) is 61.4 Å². The molecule has 2 aliphatic rings. The van der Waals surface area contributed by atoms with E-state index in [0.717, 1.165) is 38.0 Å². The lowest BCUT2D eigenvalue weighted by Crippen LogP contribution is -2.43. The monoisotopic (exact) mass is 347 g/mol. The van der Waals surface area contributed by atoms with Crippen molar-refractivity contribution in [1.82, 2.24) is 15.5 Å². The fourth-order valence-corrected chi connectivity index (χ4v) is 4.41. The molecule has 1 saturated heterocycles. The Bertz CT molecular complexity index is 593. The number of carbonyl (C=O) groups excluding carboxylic acids is 2. The molecule has 2 heterocycles. The normalized spacial score (nSPS) is 20.9. The molecule has 0 radical (unpaired) electrons. The van der Waals surface area contributed by atoms with Gasteiger partial charge in [0, 0.05) is 36.7 Å². The first kappa shape index (κ1) is 17.1. The minimum atomic E-state index is -0.149. The Labute approximate surface area is 147 Å². The van der Waals surface area contributed by atoms with Crippen LogP contribution in [0.25, 0.3) is 0 Å². The Morgan fingerprint density at radius 3 is 3.04 bits per heavy atom. The van der Waals surface area contributed by atoms with E-state index in [1.54, 1.807) is 0 Å². The number of nitrogens with one attached hydrogen (secondary N) is 2. The van der Waals surface area contributed by atoms with Gasteiger partial charge < -0.3 is 15.5 Å². The van der Waals surface area contributed by atoms with E-state index in [-0.39, 0.29) is 18.0 Å². The molecule has 130 valence electrons. The number of hydrogen-bond donors (Lipinski definition) is 2. The summed E-state index contributed by atoms with van der Waals surface area (Å²) in [6.45, 7) is 1.92. The Morgan fingerprint density at radius 1 is 1.25 bits per heavy atom. The molecule has 0 bridgehead atoms. The second-order valence-corrected chi connectivity index (χ2v) is 7.46. The van der Waals surface area contributed by atoms with Crippen LogP contribution < -0.4 is 10.6 Å². The summed E-state index contributed by atoms with van der Waals surface area (Å²) in [5.41, 5.74) is 1.20. The summed E-state index contributed by atoms with van der Waals surface area (Å²) >= 11 is 1.84. The van der Waals surface area contributed by atoms with Crippen LogP contribution in [-0.4, -0.2) is 42.2 Å². The molecule has 2 N–H and O–H groups in total. The molecule has 0 aliphatic carbocycles. The van der Waals surface area contributed by atoms with E-state index in [1.807, 2.05) is 28.8 Å². The Balaban J connectivity index is 1.46. The lowest BCUT2D eigenvalue weighted by molar-refractivity contribution is -0.130. The Kier molecular flexibility index (Phi) is 6.01. The highest BCUT2D eigenvalue weighted by atomic mass is 32.2. The lowest BCUT2D eigenvalue weighted by atomic mass is 10.0. The van der Waals surface area contributed by atoms with Crippen molar-refractivity contribution in [3.63, 3.8) is 0 Å². The van der Waals surface area contributed by atoms with Gasteiger partial charge in [0.15, 0.2) is 0 Å².